The molecule has 146 valence electrons. The lowest BCUT2D eigenvalue weighted by Gasteiger charge is -2.33. The van der Waals surface area contributed by atoms with Gasteiger partial charge in [0.25, 0.3) is 0 Å². The van der Waals surface area contributed by atoms with Crippen LogP contribution in [-0.4, -0.2) is 44.5 Å². The smallest absolute Gasteiger partial charge is 0.342 e. The Morgan fingerprint density at radius 2 is 2.11 bits per heavy atom. The Bertz CT molecular complexity index is 890. The summed E-state index contributed by atoms with van der Waals surface area (Å²) in [6, 6.07) is 7.41. The predicted octanol–water partition coefficient (Wildman–Crippen LogP) is 2.85. The van der Waals surface area contributed by atoms with E-state index < -0.39 is 10.1 Å². The molecule has 3 heterocycles. The molecule has 0 N–H and O–H groups in total. The normalized spacial score (nSPS) is 23.5. The van der Waals surface area contributed by atoms with Crippen LogP contribution in [0.5, 0.6) is 5.75 Å². The van der Waals surface area contributed by atoms with Crippen molar-refractivity contribution in [2.75, 3.05) is 31.2 Å². The molecular weight excluding hydrogens is 366 g/mol. The highest BCUT2D eigenvalue weighted by molar-refractivity contribution is 7.87. The molecule has 0 saturated carbocycles. The summed E-state index contributed by atoms with van der Waals surface area (Å²) in [7, 11) is -3.95. The van der Waals surface area contributed by atoms with E-state index in [1.807, 2.05) is 12.1 Å². The summed E-state index contributed by atoms with van der Waals surface area (Å²) in [5.74, 6) is 0.943. The minimum absolute atomic E-state index is 0.0659. The van der Waals surface area contributed by atoms with Gasteiger partial charge in [0, 0.05) is 25.9 Å². The molecule has 0 spiro atoms. The molecule has 2 aliphatic heterocycles. The van der Waals surface area contributed by atoms with Gasteiger partial charge in [-0.05, 0) is 37.3 Å². The molecule has 8 heteroatoms. The van der Waals surface area contributed by atoms with Gasteiger partial charge in [-0.25, -0.2) is 0 Å². The van der Waals surface area contributed by atoms with Crippen LogP contribution in [-0.2, 0) is 14.9 Å². The van der Waals surface area contributed by atoms with Crippen LogP contribution in [0.15, 0.2) is 41.6 Å². The molecule has 0 bridgehead atoms. The Morgan fingerprint density at radius 1 is 1.26 bits per heavy atom. The van der Waals surface area contributed by atoms with Crippen molar-refractivity contribution >= 4 is 15.8 Å². The van der Waals surface area contributed by atoms with Gasteiger partial charge in [-0.15, -0.1) is 0 Å². The third kappa shape index (κ3) is 3.96. The second-order valence-corrected chi connectivity index (χ2v) is 8.92. The summed E-state index contributed by atoms with van der Waals surface area (Å²) < 4.78 is 38.1. The van der Waals surface area contributed by atoms with E-state index in [1.165, 1.54) is 18.8 Å². The summed E-state index contributed by atoms with van der Waals surface area (Å²) in [5.41, 5.74) is 0.823. The quantitative estimate of drug-likeness (QED) is 0.730. The van der Waals surface area contributed by atoms with Gasteiger partial charge in [0.05, 0.1) is 24.5 Å². The summed E-state index contributed by atoms with van der Waals surface area (Å²) in [4.78, 5) is 2.27. The van der Waals surface area contributed by atoms with Crippen LogP contribution < -0.4 is 9.08 Å². The topological polar surface area (TPSA) is 73.7 Å². The number of piperidine rings is 1. The second-order valence-electron chi connectivity index (χ2n) is 7.37. The van der Waals surface area contributed by atoms with Gasteiger partial charge in [-0.3, -0.25) is 4.68 Å². The first kappa shape index (κ1) is 18.3. The molecule has 1 aromatic carbocycles. The van der Waals surface area contributed by atoms with Crippen LogP contribution in [0.25, 0.3) is 0 Å². The average molecular weight is 391 g/mol. The molecule has 0 unspecified atom stereocenters. The fourth-order valence-corrected chi connectivity index (χ4v) is 4.63. The van der Waals surface area contributed by atoms with Crippen LogP contribution in [0.4, 0.5) is 5.69 Å². The van der Waals surface area contributed by atoms with Crippen LogP contribution in [0.1, 0.15) is 32.2 Å². The highest BCUT2D eigenvalue weighted by atomic mass is 32.2. The van der Waals surface area contributed by atoms with Crippen molar-refractivity contribution in [2.45, 2.75) is 37.1 Å². The van der Waals surface area contributed by atoms with Crippen LogP contribution in [0, 0.1) is 5.92 Å². The van der Waals surface area contributed by atoms with E-state index >= 15 is 0 Å². The van der Waals surface area contributed by atoms with Crippen molar-refractivity contribution in [3.8, 4) is 5.75 Å². The van der Waals surface area contributed by atoms with Crippen LogP contribution >= 0.6 is 0 Å². The highest BCUT2D eigenvalue weighted by Gasteiger charge is 2.26. The number of ether oxygens (including phenoxy) is 1. The zero-order valence-electron chi connectivity index (χ0n) is 15.5. The number of benzene rings is 1. The number of para-hydroxylation sites is 2. The molecule has 2 aliphatic rings. The third-order valence-electron chi connectivity index (χ3n) is 5.21. The van der Waals surface area contributed by atoms with Crippen molar-refractivity contribution in [1.82, 2.24) is 9.78 Å². The molecule has 0 radical (unpaired) electrons. The number of rotatable bonds is 5. The average Bonchev–Trinajstić information content (AvgIpc) is 3.34. The summed E-state index contributed by atoms with van der Waals surface area (Å²) in [6.07, 6.45) is 6.00. The number of hydrogen-bond donors (Lipinski definition) is 0. The van der Waals surface area contributed by atoms with E-state index in [-0.39, 0.29) is 10.9 Å². The molecule has 2 saturated heterocycles. The van der Waals surface area contributed by atoms with Gasteiger partial charge in [-0.1, -0.05) is 19.1 Å². The molecule has 7 nitrogen and oxygen atoms in total. The van der Waals surface area contributed by atoms with Gasteiger partial charge < -0.3 is 13.8 Å². The molecule has 1 aromatic heterocycles. The second kappa shape index (κ2) is 7.52. The summed E-state index contributed by atoms with van der Waals surface area (Å²) in [6.45, 7) is 5.25. The van der Waals surface area contributed by atoms with Gasteiger partial charge in [0.15, 0.2) is 5.75 Å². The van der Waals surface area contributed by atoms with Gasteiger partial charge in [-0.2, -0.15) is 13.5 Å². The lowest BCUT2D eigenvalue weighted by atomic mass is 10.00. The summed E-state index contributed by atoms with van der Waals surface area (Å²) in [5, 5.41) is 4.20. The number of hydrogen-bond acceptors (Lipinski definition) is 6. The van der Waals surface area contributed by atoms with E-state index in [0.717, 1.165) is 31.6 Å². The predicted molar refractivity (Wildman–Crippen MR) is 102 cm³/mol. The van der Waals surface area contributed by atoms with Gasteiger partial charge in [0.2, 0.25) is 0 Å². The van der Waals surface area contributed by atoms with Crippen molar-refractivity contribution in [1.29, 1.82) is 0 Å². The fraction of sp³-hybridized carbons (Fsp3) is 0.526. The largest absolute Gasteiger partial charge is 0.379 e. The lowest BCUT2D eigenvalue weighted by Crippen LogP contribution is -2.34. The maximum absolute atomic E-state index is 12.8. The minimum atomic E-state index is -3.95. The lowest BCUT2D eigenvalue weighted by molar-refractivity contribution is 0.184. The Labute approximate surface area is 160 Å². The maximum Gasteiger partial charge on any atom is 0.342 e. The monoisotopic (exact) mass is 391 g/mol. The van der Waals surface area contributed by atoms with E-state index in [0.29, 0.717) is 24.9 Å². The van der Waals surface area contributed by atoms with Crippen LogP contribution in [0.2, 0.25) is 0 Å². The Kier molecular flexibility index (Phi) is 5.10. The molecule has 2 fully saturated rings. The van der Waals surface area contributed by atoms with Crippen LogP contribution in [0.3, 0.4) is 0 Å². The standard InChI is InChI=1S/C19H25N3O4S/c1-15-5-4-9-21(12-15)18-6-2-3-7-19(18)26-27(23,24)17-11-20-22(13-17)16-8-10-25-14-16/h2-3,6-7,11,13,15-16H,4-5,8-10,12,14H2,1H3/t15-,16+/m0/s1. The Balaban J connectivity index is 1.56. The van der Waals surface area contributed by atoms with Crippen molar-refractivity contribution < 1.29 is 17.3 Å². The fourth-order valence-electron chi connectivity index (χ4n) is 3.74. The first-order valence-corrected chi connectivity index (χ1v) is 10.8. The van der Waals surface area contributed by atoms with Gasteiger partial charge >= 0.3 is 10.1 Å². The minimum Gasteiger partial charge on any atom is -0.379 e. The summed E-state index contributed by atoms with van der Waals surface area (Å²) >= 11 is 0. The van der Waals surface area contributed by atoms with E-state index in [1.54, 1.807) is 16.8 Å². The zero-order valence-corrected chi connectivity index (χ0v) is 16.3. The Morgan fingerprint density at radius 3 is 2.89 bits per heavy atom. The number of nitrogens with zero attached hydrogens (tertiary/aromatic N) is 3. The number of aromatic nitrogens is 2. The first-order valence-electron chi connectivity index (χ1n) is 9.43. The van der Waals surface area contributed by atoms with E-state index in [9.17, 15) is 8.42 Å². The Hall–Kier alpha value is -2.06. The maximum atomic E-state index is 12.8. The van der Waals surface area contributed by atoms with Crippen molar-refractivity contribution in [3.63, 3.8) is 0 Å². The molecule has 4 rings (SSSR count). The molecule has 2 atom stereocenters. The van der Waals surface area contributed by atoms with Gasteiger partial charge in [0.1, 0.15) is 4.90 Å². The van der Waals surface area contributed by atoms with Crippen molar-refractivity contribution in [2.24, 2.45) is 5.92 Å². The van der Waals surface area contributed by atoms with Crippen molar-refractivity contribution in [3.05, 3.63) is 36.7 Å². The SMILES string of the molecule is C[C@H]1CCCN(c2ccccc2OS(=O)(=O)c2cnn([C@@H]3CCOC3)c2)C1. The first-order chi connectivity index (χ1) is 13.0. The highest BCUT2D eigenvalue weighted by Crippen LogP contribution is 2.33. The zero-order chi connectivity index (χ0) is 18.9. The molecular formula is C19H25N3O4S. The molecule has 0 aliphatic carbocycles. The molecule has 0 amide bonds. The molecule has 2 aromatic rings. The van der Waals surface area contributed by atoms with E-state index in [4.69, 9.17) is 8.92 Å². The third-order valence-corrected chi connectivity index (χ3v) is 6.40. The van der Waals surface area contributed by atoms with E-state index in [2.05, 4.69) is 16.9 Å². The number of anilines is 1. The molecule has 27 heavy (non-hydrogen) atoms.